The fourth-order valence-electron chi connectivity index (χ4n) is 1.65. The Hall–Kier alpha value is -1.03. The van der Waals surface area contributed by atoms with Crippen molar-refractivity contribution in [2.24, 2.45) is 7.05 Å². The Bertz CT molecular complexity index is 505. The van der Waals surface area contributed by atoms with Crippen LogP contribution in [0.4, 0.5) is 0 Å². The van der Waals surface area contributed by atoms with Crippen molar-refractivity contribution in [2.45, 2.75) is 12.5 Å². The summed E-state index contributed by atoms with van der Waals surface area (Å²) in [5, 5.41) is 15.2. The van der Waals surface area contributed by atoms with Crippen LogP contribution in [0, 0.1) is 0 Å². The second kappa shape index (κ2) is 5.08. The van der Waals surface area contributed by atoms with E-state index in [2.05, 4.69) is 5.10 Å². The van der Waals surface area contributed by atoms with Gasteiger partial charge in [-0.05, 0) is 17.7 Å². The second-order valence-electron chi connectivity index (χ2n) is 3.87. The summed E-state index contributed by atoms with van der Waals surface area (Å²) >= 11 is 12.1. The number of aliphatic hydroxyl groups is 1. The van der Waals surface area contributed by atoms with Crippen molar-refractivity contribution in [1.82, 2.24) is 9.78 Å². The molecule has 0 aliphatic heterocycles. The maximum atomic E-state index is 10.1. The summed E-state index contributed by atoms with van der Waals surface area (Å²) in [5.41, 5.74) is 1.51. The zero-order chi connectivity index (χ0) is 12.4. The zero-order valence-corrected chi connectivity index (χ0v) is 10.8. The molecule has 0 spiro atoms. The molecule has 0 fully saturated rings. The fraction of sp³-hybridized carbons (Fsp3) is 0.250. The number of hydrogen-bond acceptors (Lipinski definition) is 2. The number of hydrogen-bond donors (Lipinski definition) is 1. The minimum Gasteiger partial charge on any atom is -0.388 e. The topological polar surface area (TPSA) is 38.0 Å². The monoisotopic (exact) mass is 270 g/mol. The first-order valence-corrected chi connectivity index (χ1v) is 5.93. The number of aryl methyl sites for hydroxylation is 1. The van der Waals surface area contributed by atoms with Crippen molar-refractivity contribution in [2.75, 3.05) is 0 Å². The summed E-state index contributed by atoms with van der Waals surface area (Å²) in [4.78, 5) is 0. The molecule has 2 aromatic rings. The Morgan fingerprint density at radius 3 is 2.53 bits per heavy atom. The number of aromatic nitrogens is 2. The maximum absolute atomic E-state index is 10.1. The van der Waals surface area contributed by atoms with Crippen molar-refractivity contribution in [3.05, 3.63) is 51.8 Å². The van der Waals surface area contributed by atoms with Gasteiger partial charge in [0.1, 0.15) is 0 Å². The molecular weight excluding hydrogens is 259 g/mol. The highest BCUT2D eigenvalue weighted by atomic mass is 35.5. The van der Waals surface area contributed by atoms with Crippen LogP contribution in [0.3, 0.4) is 0 Å². The average molecular weight is 271 g/mol. The Kier molecular flexibility index (Phi) is 3.72. The molecule has 17 heavy (non-hydrogen) atoms. The first kappa shape index (κ1) is 12.4. The molecule has 0 radical (unpaired) electrons. The molecule has 0 saturated heterocycles. The van der Waals surface area contributed by atoms with Crippen LogP contribution in [0.25, 0.3) is 0 Å². The second-order valence-corrected chi connectivity index (χ2v) is 4.68. The lowest BCUT2D eigenvalue weighted by Crippen LogP contribution is -2.02. The number of nitrogens with zero attached hydrogens (tertiary/aromatic N) is 2. The van der Waals surface area contributed by atoms with Gasteiger partial charge in [-0.15, -0.1) is 0 Å². The van der Waals surface area contributed by atoms with Crippen LogP contribution in [0.5, 0.6) is 0 Å². The van der Waals surface area contributed by atoms with E-state index in [0.717, 1.165) is 11.1 Å². The van der Waals surface area contributed by atoms with Crippen LogP contribution in [0.2, 0.25) is 10.0 Å². The third-order valence-electron chi connectivity index (χ3n) is 2.57. The zero-order valence-electron chi connectivity index (χ0n) is 9.27. The lowest BCUT2D eigenvalue weighted by Gasteiger charge is -2.11. The minimum atomic E-state index is -0.652. The van der Waals surface area contributed by atoms with Gasteiger partial charge in [0, 0.05) is 35.3 Å². The molecular formula is C12H12Cl2N2O. The quantitative estimate of drug-likeness (QED) is 0.931. The van der Waals surface area contributed by atoms with E-state index in [-0.39, 0.29) is 0 Å². The highest BCUT2D eigenvalue weighted by molar-refractivity contribution is 6.35. The smallest absolute Gasteiger partial charge is 0.0861 e. The normalized spacial score (nSPS) is 12.7. The third-order valence-corrected chi connectivity index (χ3v) is 3.28. The van der Waals surface area contributed by atoms with E-state index in [9.17, 15) is 5.11 Å². The summed E-state index contributed by atoms with van der Waals surface area (Å²) < 4.78 is 1.65. The highest BCUT2D eigenvalue weighted by Crippen LogP contribution is 2.29. The predicted octanol–water partition coefficient (Wildman–Crippen LogP) is 3.00. The largest absolute Gasteiger partial charge is 0.388 e. The van der Waals surface area contributed by atoms with Gasteiger partial charge < -0.3 is 5.11 Å². The van der Waals surface area contributed by atoms with Crippen LogP contribution in [0.15, 0.2) is 30.6 Å². The molecule has 0 aliphatic carbocycles. The molecule has 0 amide bonds. The minimum absolute atomic E-state index is 0.379. The fourth-order valence-corrected chi connectivity index (χ4v) is 2.20. The Morgan fingerprint density at radius 1 is 1.35 bits per heavy atom. The van der Waals surface area contributed by atoms with Gasteiger partial charge in [0.15, 0.2) is 0 Å². The third kappa shape index (κ3) is 2.80. The van der Waals surface area contributed by atoms with E-state index in [4.69, 9.17) is 23.2 Å². The molecule has 90 valence electrons. The van der Waals surface area contributed by atoms with Gasteiger partial charge in [-0.2, -0.15) is 5.10 Å². The summed E-state index contributed by atoms with van der Waals surface area (Å²) in [6, 6.07) is 5.31. The first-order valence-electron chi connectivity index (χ1n) is 5.17. The Morgan fingerprint density at radius 2 is 2.00 bits per heavy atom. The first-order chi connectivity index (χ1) is 8.08. The van der Waals surface area contributed by atoms with Crippen molar-refractivity contribution < 1.29 is 5.11 Å². The van der Waals surface area contributed by atoms with Crippen LogP contribution in [-0.4, -0.2) is 14.9 Å². The van der Waals surface area contributed by atoms with Gasteiger partial charge in [-0.25, -0.2) is 0 Å². The van der Waals surface area contributed by atoms with Gasteiger partial charge in [-0.3, -0.25) is 4.68 Å². The van der Waals surface area contributed by atoms with E-state index in [1.54, 1.807) is 42.3 Å². The molecule has 1 unspecified atom stereocenters. The van der Waals surface area contributed by atoms with Crippen LogP contribution in [0.1, 0.15) is 17.2 Å². The molecule has 3 nitrogen and oxygen atoms in total. The van der Waals surface area contributed by atoms with Gasteiger partial charge in [0.2, 0.25) is 0 Å². The van der Waals surface area contributed by atoms with Gasteiger partial charge in [-0.1, -0.05) is 29.3 Å². The molecule has 2 rings (SSSR count). The summed E-state index contributed by atoms with van der Waals surface area (Å²) in [6.45, 7) is 0. The lowest BCUT2D eigenvalue weighted by atomic mass is 10.0. The van der Waals surface area contributed by atoms with Crippen LogP contribution < -0.4 is 0 Å². The molecule has 0 saturated carbocycles. The number of halogens is 2. The molecule has 1 N–H and O–H groups in total. The van der Waals surface area contributed by atoms with Gasteiger partial charge in [0.05, 0.1) is 12.3 Å². The summed E-state index contributed by atoms with van der Waals surface area (Å²) in [5.74, 6) is 0. The van der Waals surface area contributed by atoms with Crippen molar-refractivity contribution in [1.29, 1.82) is 0 Å². The molecule has 5 heteroatoms. The predicted molar refractivity (Wildman–Crippen MR) is 68.3 cm³/mol. The molecule has 1 aromatic heterocycles. The summed E-state index contributed by atoms with van der Waals surface area (Å²) in [7, 11) is 1.80. The van der Waals surface area contributed by atoms with Crippen molar-refractivity contribution >= 4 is 23.2 Å². The standard InChI is InChI=1S/C12H12Cl2N2O/c1-16-7-8(6-15-16)12(17)5-9-10(13)3-2-4-11(9)14/h2-4,6-7,12,17H,5H2,1H3. The molecule has 1 atom stereocenters. The van der Waals surface area contributed by atoms with Crippen molar-refractivity contribution in [3.63, 3.8) is 0 Å². The molecule has 0 aliphatic rings. The van der Waals surface area contributed by atoms with Crippen LogP contribution >= 0.6 is 23.2 Å². The van der Waals surface area contributed by atoms with E-state index in [1.807, 2.05) is 0 Å². The van der Waals surface area contributed by atoms with E-state index in [1.165, 1.54) is 0 Å². The van der Waals surface area contributed by atoms with Gasteiger partial charge >= 0.3 is 0 Å². The van der Waals surface area contributed by atoms with Crippen molar-refractivity contribution in [3.8, 4) is 0 Å². The average Bonchev–Trinajstić information content (AvgIpc) is 2.70. The lowest BCUT2D eigenvalue weighted by molar-refractivity contribution is 0.178. The number of rotatable bonds is 3. The summed E-state index contributed by atoms with van der Waals surface area (Å²) in [6.07, 6.45) is 3.13. The highest BCUT2D eigenvalue weighted by Gasteiger charge is 2.14. The van der Waals surface area contributed by atoms with Gasteiger partial charge in [0.25, 0.3) is 0 Å². The van der Waals surface area contributed by atoms with E-state index >= 15 is 0 Å². The Labute approximate surface area is 110 Å². The molecule has 1 heterocycles. The molecule has 1 aromatic carbocycles. The van der Waals surface area contributed by atoms with E-state index < -0.39 is 6.10 Å². The SMILES string of the molecule is Cn1cc(C(O)Cc2c(Cl)cccc2Cl)cn1. The number of benzene rings is 1. The van der Waals surface area contributed by atoms with E-state index in [0.29, 0.717) is 16.5 Å². The van der Waals surface area contributed by atoms with Crippen LogP contribution in [-0.2, 0) is 13.5 Å². The maximum Gasteiger partial charge on any atom is 0.0861 e. The number of aliphatic hydroxyl groups excluding tert-OH is 1. The molecule has 0 bridgehead atoms. The Balaban J connectivity index is 2.21.